The number of rotatable bonds is 5. The fraction of sp³-hybridized carbons (Fsp3) is 0.533. The fourth-order valence-corrected chi connectivity index (χ4v) is 2.56. The Morgan fingerprint density at radius 3 is 2.79 bits per heavy atom. The van der Waals surface area contributed by atoms with Gasteiger partial charge in [0.25, 0.3) is 0 Å². The summed E-state index contributed by atoms with van der Waals surface area (Å²) in [4.78, 5) is 11.7. The van der Waals surface area contributed by atoms with Crippen LogP contribution < -0.4 is 5.32 Å². The Balaban J connectivity index is 1.71. The molecule has 0 spiro atoms. The topological polar surface area (TPSA) is 69.6 Å². The van der Waals surface area contributed by atoms with Crippen LogP contribution in [0.15, 0.2) is 24.3 Å². The maximum Gasteiger partial charge on any atom is 0.220 e. The van der Waals surface area contributed by atoms with Crippen LogP contribution >= 0.6 is 0 Å². The van der Waals surface area contributed by atoms with Crippen LogP contribution in [0.25, 0.3) is 0 Å². The second kappa shape index (κ2) is 6.57. The number of aliphatic hydroxyl groups is 1. The molecule has 1 saturated carbocycles. The summed E-state index contributed by atoms with van der Waals surface area (Å²) in [6.07, 6.45) is 3.50. The molecule has 0 bridgehead atoms. The third-order valence-corrected chi connectivity index (χ3v) is 3.79. The second-order valence-electron chi connectivity index (χ2n) is 5.19. The van der Waals surface area contributed by atoms with E-state index in [1.807, 2.05) is 12.1 Å². The molecule has 1 aliphatic carbocycles. The van der Waals surface area contributed by atoms with Crippen molar-refractivity contribution in [1.82, 2.24) is 5.32 Å². The van der Waals surface area contributed by atoms with Gasteiger partial charge in [-0.15, -0.1) is 0 Å². The summed E-state index contributed by atoms with van der Waals surface area (Å²) in [5, 5.41) is 22.1. The smallest absolute Gasteiger partial charge is 0.220 e. The summed E-state index contributed by atoms with van der Waals surface area (Å²) in [5.74, 6) is 0.415. The van der Waals surface area contributed by atoms with Gasteiger partial charge in [0.15, 0.2) is 0 Å². The van der Waals surface area contributed by atoms with E-state index in [2.05, 4.69) is 5.32 Å². The quantitative estimate of drug-likeness (QED) is 0.756. The number of amides is 1. The van der Waals surface area contributed by atoms with Gasteiger partial charge in [0.2, 0.25) is 5.91 Å². The predicted molar refractivity (Wildman–Crippen MR) is 72.8 cm³/mol. The summed E-state index contributed by atoms with van der Waals surface area (Å²) >= 11 is 0. The number of nitrogens with one attached hydrogen (secondary N) is 1. The highest BCUT2D eigenvalue weighted by molar-refractivity contribution is 5.76. The predicted octanol–water partition coefficient (Wildman–Crippen LogP) is 1.60. The first-order chi connectivity index (χ1) is 9.16. The molecule has 4 heteroatoms. The van der Waals surface area contributed by atoms with Crippen molar-refractivity contribution in [1.29, 1.82) is 0 Å². The summed E-state index contributed by atoms with van der Waals surface area (Å²) in [7, 11) is 0. The van der Waals surface area contributed by atoms with Crippen LogP contribution in [-0.4, -0.2) is 28.8 Å². The standard InChI is InChI=1S/C15H21NO3/c17-13-6-2-1-4-11(13)8-9-15(19)16-10-12-5-3-7-14(12)18/h1-2,4,6,12,14,17-18H,3,5,7-10H2,(H,16,19). The second-order valence-corrected chi connectivity index (χ2v) is 5.19. The van der Waals surface area contributed by atoms with Gasteiger partial charge in [-0.25, -0.2) is 0 Å². The molecule has 0 heterocycles. The number of hydrogen-bond donors (Lipinski definition) is 3. The maximum absolute atomic E-state index is 11.7. The van der Waals surface area contributed by atoms with Crippen molar-refractivity contribution in [3.63, 3.8) is 0 Å². The first-order valence-corrected chi connectivity index (χ1v) is 6.88. The van der Waals surface area contributed by atoms with E-state index in [1.54, 1.807) is 12.1 Å². The van der Waals surface area contributed by atoms with Crippen LogP contribution in [0.5, 0.6) is 5.75 Å². The number of carbonyl (C=O) groups is 1. The van der Waals surface area contributed by atoms with Crippen molar-refractivity contribution in [3.8, 4) is 5.75 Å². The Morgan fingerprint density at radius 2 is 2.11 bits per heavy atom. The number of phenols is 1. The Morgan fingerprint density at radius 1 is 1.32 bits per heavy atom. The average Bonchev–Trinajstić information content (AvgIpc) is 2.81. The lowest BCUT2D eigenvalue weighted by Crippen LogP contribution is -2.32. The highest BCUT2D eigenvalue weighted by Crippen LogP contribution is 2.24. The molecule has 4 nitrogen and oxygen atoms in total. The highest BCUT2D eigenvalue weighted by Gasteiger charge is 2.25. The number of hydrogen-bond acceptors (Lipinski definition) is 3. The minimum atomic E-state index is -0.265. The van der Waals surface area contributed by atoms with Crippen LogP contribution in [0.4, 0.5) is 0 Å². The van der Waals surface area contributed by atoms with Crippen LogP contribution in [0.2, 0.25) is 0 Å². The molecule has 2 atom stereocenters. The summed E-state index contributed by atoms with van der Waals surface area (Å²) < 4.78 is 0. The molecule has 2 rings (SSSR count). The number of benzene rings is 1. The van der Waals surface area contributed by atoms with Gasteiger partial charge in [0.1, 0.15) is 5.75 Å². The lowest BCUT2D eigenvalue weighted by atomic mass is 10.1. The number of aryl methyl sites for hydroxylation is 1. The summed E-state index contributed by atoms with van der Waals surface area (Å²) in [5.41, 5.74) is 0.790. The molecule has 104 valence electrons. The third kappa shape index (κ3) is 3.96. The average molecular weight is 263 g/mol. The van der Waals surface area contributed by atoms with E-state index >= 15 is 0 Å². The minimum Gasteiger partial charge on any atom is -0.508 e. The fourth-order valence-electron chi connectivity index (χ4n) is 2.56. The van der Waals surface area contributed by atoms with E-state index < -0.39 is 0 Å². The van der Waals surface area contributed by atoms with Crippen LogP contribution in [0.3, 0.4) is 0 Å². The Hall–Kier alpha value is -1.55. The Bertz CT molecular complexity index is 433. The van der Waals surface area contributed by atoms with Crippen LogP contribution in [-0.2, 0) is 11.2 Å². The molecule has 1 fully saturated rings. The number of aliphatic hydroxyl groups excluding tert-OH is 1. The summed E-state index contributed by atoms with van der Waals surface area (Å²) in [6.45, 7) is 0.556. The van der Waals surface area contributed by atoms with E-state index in [9.17, 15) is 15.0 Å². The molecule has 0 aliphatic heterocycles. The van der Waals surface area contributed by atoms with Gasteiger partial charge in [0.05, 0.1) is 6.10 Å². The zero-order valence-corrected chi connectivity index (χ0v) is 11.0. The third-order valence-electron chi connectivity index (χ3n) is 3.79. The molecule has 19 heavy (non-hydrogen) atoms. The van der Waals surface area contributed by atoms with Gasteiger partial charge in [-0.2, -0.15) is 0 Å². The largest absolute Gasteiger partial charge is 0.508 e. The lowest BCUT2D eigenvalue weighted by molar-refractivity contribution is -0.121. The molecule has 1 aliphatic rings. The monoisotopic (exact) mass is 263 g/mol. The molecule has 1 aromatic carbocycles. The van der Waals surface area contributed by atoms with Crippen LogP contribution in [0, 0.1) is 5.92 Å². The van der Waals surface area contributed by atoms with Crippen molar-refractivity contribution < 1.29 is 15.0 Å². The van der Waals surface area contributed by atoms with E-state index in [0.29, 0.717) is 19.4 Å². The van der Waals surface area contributed by atoms with Gasteiger partial charge >= 0.3 is 0 Å². The van der Waals surface area contributed by atoms with Gasteiger partial charge in [-0.3, -0.25) is 4.79 Å². The Kier molecular flexibility index (Phi) is 4.80. The highest BCUT2D eigenvalue weighted by atomic mass is 16.3. The lowest BCUT2D eigenvalue weighted by Gasteiger charge is -2.15. The zero-order valence-electron chi connectivity index (χ0n) is 11.0. The number of aromatic hydroxyl groups is 1. The molecule has 1 amide bonds. The number of para-hydroxylation sites is 1. The molecule has 1 aromatic rings. The van der Waals surface area contributed by atoms with Crippen LogP contribution in [0.1, 0.15) is 31.2 Å². The first kappa shape index (κ1) is 13.9. The van der Waals surface area contributed by atoms with Crippen molar-refractivity contribution in [2.75, 3.05) is 6.54 Å². The van der Waals surface area contributed by atoms with Crippen molar-refractivity contribution in [2.24, 2.45) is 5.92 Å². The minimum absolute atomic E-state index is 0.0256. The molecule has 0 saturated heterocycles. The molecule has 0 aromatic heterocycles. The Labute approximate surface area is 113 Å². The maximum atomic E-state index is 11.7. The van der Waals surface area contributed by atoms with Gasteiger partial charge in [-0.05, 0) is 30.9 Å². The normalized spacial score (nSPS) is 22.4. The van der Waals surface area contributed by atoms with Crippen molar-refractivity contribution >= 4 is 5.91 Å². The van der Waals surface area contributed by atoms with Gasteiger partial charge in [-0.1, -0.05) is 24.6 Å². The molecular weight excluding hydrogens is 242 g/mol. The van der Waals surface area contributed by atoms with E-state index in [-0.39, 0.29) is 23.7 Å². The molecular formula is C15H21NO3. The summed E-state index contributed by atoms with van der Waals surface area (Å²) in [6, 6.07) is 7.06. The van der Waals surface area contributed by atoms with E-state index in [1.165, 1.54) is 0 Å². The van der Waals surface area contributed by atoms with E-state index in [0.717, 1.165) is 24.8 Å². The molecule has 3 N–H and O–H groups in total. The number of carbonyl (C=O) groups excluding carboxylic acids is 1. The zero-order chi connectivity index (χ0) is 13.7. The van der Waals surface area contributed by atoms with Crippen molar-refractivity contribution in [2.45, 2.75) is 38.2 Å². The van der Waals surface area contributed by atoms with Gasteiger partial charge < -0.3 is 15.5 Å². The van der Waals surface area contributed by atoms with Gasteiger partial charge in [0, 0.05) is 18.9 Å². The van der Waals surface area contributed by atoms with E-state index in [4.69, 9.17) is 0 Å². The number of phenolic OH excluding ortho intramolecular Hbond substituents is 1. The first-order valence-electron chi connectivity index (χ1n) is 6.88. The SMILES string of the molecule is O=C(CCc1ccccc1O)NCC1CCCC1O. The molecule has 2 unspecified atom stereocenters. The molecule has 0 radical (unpaired) electrons. The van der Waals surface area contributed by atoms with Crippen molar-refractivity contribution in [3.05, 3.63) is 29.8 Å².